The number of esters is 1. The molecule has 1 saturated heterocycles. The summed E-state index contributed by atoms with van der Waals surface area (Å²) in [6, 6.07) is 0. The molecule has 9 nitrogen and oxygen atoms in total. The Labute approximate surface area is 152 Å². The summed E-state index contributed by atoms with van der Waals surface area (Å²) in [6.45, 7) is 0.0604. The van der Waals surface area contributed by atoms with Gasteiger partial charge in [-0.2, -0.15) is 0 Å². The number of amides is 1. The fraction of sp³-hybridized carbons (Fsp3) is 0.588. The molecule has 1 amide bonds. The number of nitrogens with zero attached hydrogens (tertiary/aromatic N) is 1. The van der Waals surface area contributed by atoms with E-state index in [9.17, 15) is 14.4 Å². The summed E-state index contributed by atoms with van der Waals surface area (Å²) in [7, 11) is 3.25. The van der Waals surface area contributed by atoms with Crippen molar-refractivity contribution in [3.63, 3.8) is 0 Å². The second kappa shape index (κ2) is 11.4. The molecule has 26 heavy (non-hydrogen) atoms. The molecule has 3 atom stereocenters. The number of carbonyl (C=O) groups excluding carboxylic acids is 3. The van der Waals surface area contributed by atoms with Crippen molar-refractivity contribution < 1.29 is 33.7 Å². The maximum atomic E-state index is 11.4. The number of carbonyl (C=O) groups is 3. The molecule has 9 heteroatoms. The number of primary amides is 1. The minimum atomic E-state index is -1.34. The van der Waals surface area contributed by atoms with Gasteiger partial charge < -0.3 is 34.7 Å². The SMILES string of the molecule is COC.NC(=O)C1=CN(C2CCC(COC(=O)CC(O)C=O)O2)C=CC1. The van der Waals surface area contributed by atoms with Crippen LogP contribution in [0, 0.1) is 0 Å². The van der Waals surface area contributed by atoms with Gasteiger partial charge in [-0.3, -0.25) is 9.59 Å². The van der Waals surface area contributed by atoms with Crippen LogP contribution in [0.5, 0.6) is 0 Å². The Morgan fingerprint density at radius 1 is 1.46 bits per heavy atom. The van der Waals surface area contributed by atoms with E-state index in [0.29, 0.717) is 24.8 Å². The van der Waals surface area contributed by atoms with Gasteiger partial charge in [-0.25, -0.2) is 0 Å². The second-order valence-corrected chi connectivity index (χ2v) is 5.84. The van der Waals surface area contributed by atoms with E-state index in [1.165, 1.54) is 0 Å². The molecular weight excluding hydrogens is 344 g/mol. The van der Waals surface area contributed by atoms with Gasteiger partial charge in [0, 0.05) is 32.2 Å². The fourth-order valence-corrected chi connectivity index (χ4v) is 2.41. The Morgan fingerprint density at radius 3 is 2.77 bits per heavy atom. The topological polar surface area (TPSA) is 128 Å². The lowest BCUT2D eigenvalue weighted by Gasteiger charge is -2.27. The number of ether oxygens (including phenoxy) is 3. The summed E-state index contributed by atoms with van der Waals surface area (Å²) in [5.74, 6) is -1.11. The summed E-state index contributed by atoms with van der Waals surface area (Å²) < 4.78 is 15.0. The van der Waals surface area contributed by atoms with Crippen molar-refractivity contribution in [2.45, 2.75) is 44.1 Å². The van der Waals surface area contributed by atoms with Crippen LogP contribution in [-0.4, -0.2) is 67.4 Å². The smallest absolute Gasteiger partial charge is 0.308 e. The van der Waals surface area contributed by atoms with Crippen LogP contribution in [0.4, 0.5) is 0 Å². The molecular formula is C17H26N2O7. The molecule has 146 valence electrons. The first kappa shape index (κ1) is 21.8. The van der Waals surface area contributed by atoms with Crippen molar-refractivity contribution in [3.8, 4) is 0 Å². The number of hydrogen-bond acceptors (Lipinski definition) is 8. The number of aldehydes is 1. The number of aliphatic hydroxyl groups is 1. The third kappa shape index (κ3) is 7.34. The molecule has 3 unspecified atom stereocenters. The minimum Gasteiger partial charge on any atom is -0.463 e. The first-order chi connectivity index (χ1) is 12.4. The molecule has 3 N–H and O–H groups in total. The van der Waals surface area contributed by atoms with Gasteiger partial charge in [0.25, 0.3) is 0 Å². The third-order valence-corrected chi connectivity index (χ3v) is 3.62. The zero-order valence-electron chi connectivity index (χ0n) is 15.0. The van der Waals surface area contributed by atoms with Crippen LogP contribution in [0.15, 0.2) is 24.0 Å². The Kier molecular flexibility index (Phi) is 9.56. The van der Waals surface area contributed by atoms with Gasteiger partial charge in [0.15, 0.2) is 0 Å². The summed E-state index contributed by atoms with van der Waals surface area (Å²) >= 11 is 0. The van der Waals surface area contributed by atoms with E-state index < -0.39 is 18.0 Å². The van der Waals surface area contributed by atoms with Gasteiger partial charge in [-0.05, 0) is 19.3 Å². The van der Waals surface area contributed by atoms with Gasteiger partial charge in [-0.1, -0.05) is 6.08 Å². The van der Waals surface area contributed by atoms with Crippen LogP contribution >= 0.6 is 0 Å². The van der Waals surface area contributed by atoms with Gasteiger partial charge in [0.05, 0.1) is 12.5 Å². The van der Waals surface area contributed by atoms with Crippen LogP contribution in [0.1, 0.15) is 25.7 Å². The van der Waals surface area contributed by atoms with Gasteiger partial charge in [0.2, 0.25) is 5.91 Å². The predicted octanol–water partition coefficient (Wildman–Crippen LogP) is -0.164. The highest BCUT2D eigenvalue weighted by Gasteiger charge is 2.30. The second-order valence-electron chi connectivity index (χ2n) is 5.84. The van der Waals surface area contributed by atoms with Crippen LogP contribution in [0.3, 0.4) is 0 Å². The predicted molar refractivity (Wildman–Crippen MR) is 91.3 cm³/mol. The Bertz CT molecular complexity index is 547. The number of allylic oxidation sites excluding steroid dienone is 1. The molecule has 0 aromatic heterocycles. The lowest BCUT2D eigenvalue weighted by Crippen LogP contribution is -2.31. The van der Waals surface area contributed by atoms with E-state index >= 15 is 0 Å². The van der Waals surface area contributed by atoms with Crippen molar-refractivity contribution in [1.29, 1.82) is 0 Å². The molecule has 1 fully saturated rings. The normalized spacial score (nSPS) is 22.7. The average Bonchev–Trinajstić information content (AvgIpc) is 3.09. The maximum Gasteiger partial charge on any atom is 0.308 e. The first-order valence-corrected chi connectivity index (χ1v) is 8.20. The molecule has 0 radical (unpaired) electrons. The van der Waals surface area contributed by atoms with E-state index in [2.05, 4.69) is 4.74 Å². The molecule has 0 aliphatic carbocycles. The number of aliphatic hydroxyl groups excluding tert-OH is 1. The van der Waals surface area contributed by atoms with E-state index in [0.717, 1.165) is 0 Å². The molecule has 2 rings (SSSR count). The van der Waals surface area contributed by atoms with Crippen molar-refractivity contribution in [2.75, 3.05) is 20.8 Å². The van der Waals surface area contributed by atoms with Crippen molar-refractivity contribution in [2.24, 2.45) is 5.73 Å². The Balaban J connectivity index is 0.00000105. The van der Waals surface area contributed by atoms with Gasteiger partial charge >= 0.3 is 5.97 Å². The van der Waals surface area contributed by atoms with Crippen LogP contribution in [0.25, 0.3) is 0 Å². The monoisotopic (exact) mass is 370 g/mol. The summed E-state index contributed by atoms with van der Waals surface area (Å²) in [4.78, 5) is 34.7. The molecule has 2 heterocycles. The number of nitrogens with two attached hydrogens (primary N) is 1. The van der Waals surface area contributed by atoms with Crippen LogP contribution in [-0.2, 0) is 28.6 Å². The van der Waals surface area contributed by atoms with Crippen LogP contribution < -0.4 is 5.73 Å². The maximum absolute atomic E-state index is 11.4. The van der Waals surface area contributed by atoms with E-state index in [4.69, 9.17) is 20.3 Å². The van der Waals surface area contributed by atoms with E-state index in [-0.39, 0.29) is 31.6 Å². The number of methoxy groups -OCH3 is 1. The largest absolute Gasteiger partial charge is 0.463 e. The van der Waals surface area contributed by atoms with Crippen molar-refractivity contribution in [3.05, 3.63) is 24.0 Å². The van der Waals surface area contributed by atoms with Gasteiger partial charge in [-0.15, -0.1) is 0 Å². The van der Waals surface area contributed by atoms with E-state index in [1.54, 1.807) is 25.3 Å². The molecule has 0 saturated carbocycles. The van der Waals surface area contributed by atoms with Crippen LogP contribution in [0.2, 0.25) is 0 Å². The molecule has 0 aromatic rings. The highest BCUT2D eigenvalue weighted by Crippen LogP contribution is 2.26. The first-order valence-electron chi connectivity index (χ1n) is 8.20. The third-order valence-electron chi connectivity index (χ3n) is 3.62. The van der Waals surface area contributed by atoms with Crippen molar-refractivity contribution in [1.82, 2.24) is 4.90 Å². The zero-order valence-corrected chi connectivity index (χ0v) is 15.0. The molecule has 2 aliphatic heterocycles. The number of rotatable bonds is 7. The Morgan fingerprint density at radius 2 is 2.15 bits per heavy atom. The summed E-state index contributed by atoms with van der Waals surface area (Å²) in [6.07, 6.45) is 5.31. The lowest BCUT2D eigenvalue weighted by molar-refractivity contribution is -0.151. The molecule has 0 spiro atoms. The van der Waals surface area contributed by atoms with E-state index in [1.807, 2.05) is 12.3 Å². The van der Waals surface area contributed by atoms with Gasteiger partial charge in [0.1, 0.15) is 25.2 Å². The fourth-order valence-electron chi connectivity index (χ4n) is 2.41. The molecule has 0 aromatic carbocycles. The van der Waals surface area contributed by atoms with Crippen molar-refractivity contribution >= 4 is 18.2 Å². The quantitative estimate of drug-likeness (QED) is 0.467. The highest BCUT2D eigenvalue weighted by atomic mass is 16.6. The molecule has 2 aliphatic rings. The highest BCUT2D eigenvalue weighted by molar-refractivity contribution is 5.92. The lowest BCUT2D eigenvalue weighted by atomic mass is 10.1. The zero-order chi connectivity index (χ0) is 19.5. The minimum absolute atomic E-state index is 0.0604. The number of hydrogen-bond donors (Lipinski definition) is 2. The molecule has 0 bridgehead atoms. The average molecular weight is 370 g/mol. The summed E-state index contributed by atoms with van der Waals surface area (Å²) in [5.41, 5.74) is 5.78. The standard InChI is InChI=1S/C15H20N2O6.C2H6O/c16-15(21)10-2-1-5-17(7-10)13-4-3-12(23-13)9-22-14(20)6-11(19)8-18;1-3-2/h1,5,7-8,11-13,19H,2-4,6,9H2,(H2,16,21);1-2H3. The summed E-state index contributed by atoms with van der Waals surface area (Å²) in [5, 5.41) is 9.04. The Hall–Kier alpha value is -2.23.